The van der Waals surface area contributed by atoms with Crippen LogP contribution >= 0.6 is 11.6 Å². The van der Waals surface area contributed by atoms with Gasteiger partial charge in [-0.05, 0) is 24.7 Å². The maximum atomic E-state index is 11.9. The summed E-state index contributed by atoms with van der Waals surface area (Å²) in [5.41, 5.74) is 0. The molecule has 1 N–H and O–H groups in total. The fourth-order valence-corrected chi connectivity index (χ4v) is 3.28. The Kier molecular flexibility index (Phi) is 3.47. The second-order valence-electron chi connectivity index (χ2n) is 4.62. The summed E-state index contributed by atoms with van der Waals surface area (Å²) in [6.45, 7) is 2.50. The van der Waals surface area contributed by atoms with Gasteiger partial charge in [-0.1, -0.05) is 18.5 Å². The normalized spacial score (nSPS) is 18.3. The zero-order chi connectivity index (χ0) is 12.6. The second-order valence-corrected chi connectivity index (χ2v) is 6.66. The van der Waals surface area contributed by atoms with Crippen LogP contribution in [0.15, 0.2) is 11.4 Å². The highest BCUT2D eigenvalue weighted by atomic mass is 35.5. The van der Waals surface area contributed by atoms with E-state index in [2.05, 4.69) is 16.6 Å². The van der Waals surface area contributed by atoms with Gasteiger partial charge in [0.1, 0.15) is 5.15 Å². The number of aromatic nitrogens is 2. The van der Waals surface area contributed by atoms with Gasteiger partial charge in [0.25, 0.3) is 10.0 Å². The number of nitrogens with one attached hydrogen (secondary N) is 1. The van der Waals surface area contributed by atoms with Gasteiger partial charge in [0.15, 0.2) is 0 Å². The molecule has 17 heavy (non-hydrogen) atoms. The topological polar surface area (TPSA) is 64.0 Å². The molecule has 1 aromatic heterocycles. The molecule has 1 saturated carbocycles. The van der Waals surface area contributed by atoms with Crippen molar-refractivity contribution < 1.29 is 8.42 Å². The van der Waals surface area contributed by atoms with Crippen LogP contribution in [0.3, 0.4) is 0 Å². The zero-order valence-corrected chi connectivity index (χ0v) is 11.4. The predicted octanol–water partition coefficient (Wildman–Crippen LogP) is 1.40. The van der Waals surface area contributed by atoms with E-state index >= 15 is 0 Å². The van der Waals surface area contributed by atoms with Gasteiger partial charge in [-0.15, -0.1) is 0 Å². The first-order valence-corrected chi connectivity index (χ1v) is 7.44. The van der Waals surface area contributed by atoms with Crippen LogP contribution in [0.1, 0.15) is 19.8 Å². The van der Waals surface area contributed by atoms with Gasteiger partial charge in [0.2, 0.25) is 5.03 Å². The number of aryl methyl sites for hydroxylation is 1. The molecule has 0 saturated heterocycles. The highest BCUT2D eigenvalue weighted by Gasteiger charge is 2.30. The van der Waals surface area contributed by atoms with Gasteiger partial charge in [0.05, 0.1) is 6.33 Å². The number of hydrogen-bond donors (Lipinski definition) is 1. The van der Waals surface area contributed by atoms with Crippen molar-refractivity contribution in [3.63, 3.8) is 0 Å². The number of imidazole rings is 1. The molecule has 0 aliphatic heterocycles. The van der Waals surface area contributed by atoms with Crippen molar-refractivity contribution >= 4 is 21.6 Å². The van der Waals surface area contributed by atoms with Crippen LogP contribution < -0.4 is 4.72 Å². The Morgan fingerprint density at radius 1 is 1.65 bits per heavy atom. The first kappa shape index (κ1) is 12.9. The number of hydrogen-bond acceptors (Lipinski definition) is 3. The molecule has 1 unspecified atom stereocenters. The summed E-state index contributed by atoms with van der Waals surface area (Å²) >= 11 is 5.86. The first-order chi connectivity index (χ1) is 7.92. The van der Waals surface area contributed by atoms with E-state index in [0.717, 1.165) is 0 Å². The van der Waals surface area contributed by atoms with Crippen LogP contribution in [-0.4, -0.2) is 24.5 Å². The Labute approximate surface area is 106 Å². The smallest absolute Gasteiger partial charge is 0.261 e. The molecule has 0 spiro atoms. The summed E-state index contributed by atoms with van der Waals surface area (Å²) in [5.74, 6) is 1.03. The lowest BCUT2D eigenvalue weighted by atomic mass is 10.1. The van der Waals surface area contributed by atoms with Crippen molar-refractivity contribution in [2.24, 2.45) is 18.9 Å². The van der Waals surface area contributed by atoms with Crippen molar-refractivity contribution in [3.05, 3.63) is 11.5 Å². The van der Waals surface area contributed by atoms with E-state index in [-0.39, 0.29) is 10.2 Å². The first-order valence-electron chi connectivity index (χ1n) is 5.58. The molecule has 1 aliphatic carbocycles. The third-order valence-corrected chi connectivity index (χ3v) is 5.02. The van der Waals surface area contributed by atoms with Crippen LogP contribution in [0.2, 0.25) is 5.15 Å². The minimum atomic E-state index is -3.58. The Morgan fingerprint density at radius 2 is 2.29 bits per heavy atom. The molecule has 96 valence electrons. The third-order valence-electron chi connectivity index (χ3n) is 3.11. The summed E-state index contributed by atoms with van der Waals surface area (Å²) in [7, 11) is -1.93. The molecular formula is C10H16ClN3O2S. The summed E-state index contributed by atoms with van der Waals surface area (Å²) in [4.78, 5) is 3.81. The molecule has 0 amide bonds. The lowest BCUT2D eigenvalue weighted by molar-refractivity contribution is 0.491. The number of rotatable bonds is 5. The fourth-order valence-electron chi connectivity index (χ4n) is 1.72. The second kappa shape index (κ2) is 4.59. The average molecular weight is 278 g/mol. The molecule has 0 aromatic carbocycles. The van der Waals surface area contributed by atoms with Gasteiger partial charge < -0.3 is 4.57 Å². The van der Waals surface area contributed by atoms with E-state index in [0.29, 0.717) is 18.4 Å². The molecule has 1 atom stereocenters. The molecule has 1 aliphatic rings. The molecule has 0 radical (unpaired) electrons. The maximum absolute atomic E-state index is 11.9. The van der Waals surface area contributed by atoms with Crippen molar-refractivity contribution in [2.75, 3.05) is 6.54 Å². The van der Waals surface area contributed by atoms with Crippen LogP contribution in [-0.2, 0) is 17.1 Å². The van der Waals surface area contributed by atoms with Crippen molar-refractivity contribution in [2.45, 2.75) is 24.8 Å². The molecule has 1 aromatic rings. The molecule has 1 heterocycles. The van der Waals surface area contributed by atoms with Crippen LogP contribution in [0, 0.1) is 11.8 Å². The van der Waals surface area contributed by atoms with E-state index < -0.39 is 10.0 Å². The highest BCUT2D eigenvalue weighted by molar-refractivity contribution is 7.89. The molecular weight excluding hydrogens is 262 g/mol. The molecule has 0 bridgehead atoms. The van der Waals surface area contributed by atoms with Crippen molar-refractivity contribution in [1.82, 2.24) is 14.3 Å². The van der Waals surface area contributed by atoms with E-state index in [1.165, 1.54) is 23.7 Å². The molecule has 7 heteroatoms. The number of nitrogens with zero attached hydrogens (tertiary/aromatic N) is 2. The van der Waals surface area contributed by atoms with Gasteiger partial charge >= 0.3 is 0 Å². The predicted molar refractivity (Wildman–Crippen MR) is 65.3 cm³/mol. The van der Waals surface area contributed by atoms with Gasteiger partial charge in [-0.3, -0.25) is 0 Å². The lowest BCUT2D eigenvalue weighted by Gasteiger charge is -2.10. The fraction of sp³-hybridized carbons (Fsp3) is 0.700. The molecule has 5 nitrogen and oxygen atoms in total. The van der Waals surface area contributed by atoms with Crippen LogP contribution in [0.25, 0.3) is 0 Å². The number of halogens is 1. The van der Waals surface area contributed by atoms with Gasteiger partial charge in [0, 0.05) is 13.6 Å². The van der Waals surface area contributed by atoms with Gasteiger partial charge in [-0.25, -0.2) is 18.1 Å². The van der Waals surface area contributed by atoms with Crippen molar-refractivity contribution in [3.8, 4) is 0 Å². The minimum absolute atomic E-state index is 0.0929. The Hall–Kier alpha value is -0.590. The summed E-state index contributed by atoms with van der Waals surface area (Å²) < 4.78 is 27.9. The summed E-state index contributed by atoms with van der Waals surface area (Å²) in [6, 6.07) is 0. The van der Waals surface area contributed by atoms with E-state index in [1.807, 2.05) is 0 Å². The van der Waals surface area contributed by atoms with Crippen LogP contribution in [0.5, 0.6) is 0 Å². The largest absolute Gasteiger partial charge is 0.324 e. The van der Waals surface area contributed by atoms with E-state index in [9.17, 15) is 8.42 Å². The molecule has 2 rings (SSSR count). The van der Waals surface area contributed by atoms with Crippen molar-refractivity contribution in [1.29, 1.82) is 0 Å². The van der Waals surface area contributed by atoms with Gasteiger partial charge in [-0.2, -0.15) is 0 Å². The Balaban J connectivity index is 2.05. The standard InChI is InChI=1S/C10H16ClN3O2S/c1-7(8-3-4-8)5-13-17(15,16)10-9(11)14(2)6-12-10/h6-8,13H,3-5H2,1-2H3. The van der Waals surface area contributed by atoms with E-state index in [4.69, 9.17) is 11.6 Å². The monoisotopic (exact) mass is 277 g/mol. The van der Waals surface area contributed by atoms with E-state index in [1.54, 1.807) is 7.05 Å². The quantitative estimate of drug-likeness (QED) is 0.885. The lowest BCUT2D eigenvalue weighted by Crippen LogP contribution is -2.29. The van der Waals surface area contributed by atoms with Crippen LogP contribution in [0.4, 0.5) is 0 Å². The SMILES string of the molecule is CC(CNS(=O)(=O)c1ncn(C)c1Cl)C1CC1. The third kappa shape index (κ3) is 2.81. The maximum Gasteiger partial charge on any atom is 0.261 e. The number of sulfonamides is 1. The summed E-state index contributed by atoms with van der Waals surface area (Å²) in [5, 5.41) is 0.0428. The highest BCUT2D eigenvalue weighted by Crippen LogP contribution is 2.36. The average Bonchev–Trinajstić information content (AvgIpc) is 3.04. The Bertz CT molecular complexity index is 508. The summed E-state index contributed by atoms with van der Waals surface area (Å²) in [6.07, 6.45) is 3.79. The zero-order valence-electron chi connectivity index (χ0n) is 9.85. The Morgan fingerprint density at radius 3 is 2.76 bits per heavy atom. The molecule has 1 fully saturated rings. The minimum Gasteiger partial charge on any atom is -0.324 e.